The molecular weight excluding hydrogens is 174 g/mol. The first kappa shape index (κ1) is 12.0. The SMILES string of the molecule is CCC(C)NCC(C)OC1CCCC1. The molecule has 0 aromatic carbocycles. The molecule has 0 aromatic heterocycles. The summed E-state index contributed by atoms with van der Waals surface area (Å²) in [6.45, 7) is 7.60. The lowest BCUT2D eigenvalue weighted by Gasteiger charge is -2.20. The van der Waals surface area contributed by atoms with Gasteiger partial charge in [0.05, 0.1) is 12.2 Å². The molecule has 1 aliphatic carbocycles. The molecule has 1 fully saturated rings. The Bertz CT molecular complexity index is 143. The fraction of sp³-hybridized carbons (Fsp3) is 1.00. The Hall–Kier alpha value is -0.0800. The highest BCUT2D eigenvalue weighted by Gasteiger charge is 2.17. The van der Waals surface area contributed by atoms with Crippen molar-refractivity contribution in [1.29, 1.82) is 0 Å². The first-order valence-corrected chi connectivity index (χ1v) is 6.11. The van der Waals surface area contributed by atoms with Crippen molar-refractivity contribution in [2.45, 2.75) is 71.1 Å². The molecule has 14 heavy (non-hydrogen) atoms. The second-order valence-electron chi connectivity index (χ2n) is 4.57. The maximum atomic E-state index is 5.94. The summed E-state index contributed by atoms with van der Waals surface area (Å²) in [7, 11) is 0. The van der Waals surface area contributed by atoms with Crippen molar-refractivity contribution < 1.29 is 4.74 Å². The lowest BCUT2D eigenvalue weighted by atomic mass is 10.2. The van der Waals surface area contributed by atoms with Gasteiger partial charge >= 0.3 is 0 Å². The second kappa shape index (κ2) is 6.41. The van der Waals surface area contributed by atoms with Crippen LogP contribution in [0.4, 0.5) is 0 Å². The van der Waals surface area contributed by atoms with Crippen LogP contribution in [-0.4, -0.2) is 24.8 Å². The third-order valence-electron chi connectivity index (χ3n) is 3.09. The quantitative estimate of drug-likeness (QED) is 0.710. The first-order valence-electron chi connectivity index (χ1n) is 6.11. The van der Waals surface area contributed by atoms with Crippen molar-refractivity contribution in [2.24, 2.45) is 0 Å². The zero-order chi connectivity index (χ0) is 10.4. The number of nitrogens with one attached hydrogen (secondary N) is 1. The molecule has 0 amide bonds. The molecule has 1 rings (SSSR count). The van der Waals surface area contributed by atoms with Gasteiger partial charge in [-0.05, 0) is 33.1 Å². The van der Waals surface area contributed by atoms with Crippen LogP contribution >= 0.6 is 0 Å². The van der Waals surface area contributed by atoms with E-state index in [-0.39, 0.29) is 0 Å². The van der Waals surface area contributed by atoms with Gasteiger partial charge in [-0.25, -0.2) is 0 Å². The Morgan fingerprint density at radius 1 is 1.29 bits per heavy atom. The predicted molar refractivity (Wildman–Crippen MR) is 60.6 cm³/mol. The summed E-state index contributed by atoms with van der Waals surface area (Å²) in [6.07, 6.45) is 7.36. The maximum Gasteiger partial charge on any atom is 0.0675 e. The van der Waals surface area contributed by atoms with Crippen LogP contribution in [-0.2, 0) is 4.74 Å². The van der Waals surface area contributed by atoms with Gasteiger partial charge in [-0.2, -0.15) is 0 Å². The van der Waals surface area contributed by atoms with Crippen LogP contribution in [0.15, 0.2) is 0 Å². The molecule has 84 valence electrons. The monoisotopic (exact) mass is 199 g/mol. The summed E-state index contributed by atoms with van der Waals surface area (Å²) in [6, 6.07) is 0.615. The highest BCUT2D eigenvalue weighted by Crippen LogP contribution is 2.21. The van der Waals surface area contributed by atoms with Crippen LogP contribution < -0.4 is 5.32 Å². The van der Waals surface area contributed by atoms with Crippen LogP contribution in [0, 0.1) is 0 Å². The Morgan fingerprint density at radius 2 is 1.93 bits per heavy atom. The van der Waals surface area contributed by atoms with E-state index < -0.39 is 0 Å². The minimum Gasteiger partial charge on any atom is -0.374 e. The second-order valence-corrected chi connectivity index (χ2v) is 4.57. The lowest BCUT2D eigenvalue weighted by molar-refractivity contribution is 0.00205. The number of hydrogen-bond donors (Lipinski definition) is 1. The zero-order valence-corrected chi connectivity index (χ0v) is 9.88. The topological polar surface area (TPSA) is 21.3 Å². The van der Waals surface area contributed by atoms with Crippen LogP contribution in [0.1, 0.15) is 52.9 Å². The minimum absolute atomic E-state index is 0.368. The summed E-state index contributed by atoms with van der Waals surface area (Å²) in [5, 5.41) is 3.48. The summed E-state index contributed by atoms with van der Waals surface area (Å²) >= 11 is 0. The minimum atomic E-state index is 0.368. The van der Waals surface area contributed by atoms with Gasteiger partial charge in [-0.15, -0.1) is 0 Å². The lowest BCUT2D eigenvalue weighted by Crippen LogP contribution is -2.34. The third kappa shape index (κ3) is 4.43. The molecule has 0 aliphatic heterocycles. The normalized spacial score (nSPS) is 22.5. The van der Waals surface area contributed by atoms with Crippen molar-refractivity contribution in [3.8, 4) is 0 Å². The van der Waals surface area contributed by atoms with E-state index in [2.05, 4.69) is 26.1 Å². The highest BCUT2D eigenvalue weighted by atomic mass is 16.5. The molecule has 0 spiro atoms. The van der Waals surface area contributed by atoms with Gasteiger partial charge in [0.1, 0.15) is 0 Å². The van der Waals surface area contributed by atoms with Crippen LogP contribution in [0.5, 0.6) is 0 Å². The van der Waals surface area contributed by atoms with E-state index in [0.29, 0.717) is 18.2 Å². The molecular formula is C12H25NO. The molecule has 2 heteroatoms. The van der Waals surface area contributed by atoms with Crippen LogP contribution in [0.25, 0.3) is 0 Å². The molecule has 0 bridgehead atoms. The van der Waals surface area contributed by atoms with Gasteiger partial charge < -0.3 is 10.1 Å². The van der Waals surface area contributed by atoms with Crippen molar-refractivity contribution >= 4 is 0 Å². The molecule has 1 N–H and O–H groups in total. The van der Waals surface area contributed by atoms with Crippen molar-refractivity contribution in [1.82, 2.24) is 5.32 Å². The number of rotatable bonds is 6. The molecule has 2 atom stereocenters. The van der Waals surface area contributed by atoms with Gasteiger partial charge in [0, 0.05) is 12.6 Å². The van der Waals surface area contributed by atoms with Gasteiger partial charge in [-0.1, -0.05) is 19.8 Å². The third-order valence-corrected chi connectivity index (χ3v) is 3.09. The van der Waals surface area contributed by atoms with Gasteiger partial charge in [0.15, 0.2) is 0 Å². The Labute approximate surface area is 88.4 Å². The fourth-order valence-electron chi connectivity index (χ4n) is 1.91. The van der Waals surface area contributed by atoms with Gasteiger partial charge in [0.2, 0.25) is 0 Å². The molecule has 2 unspecified atom stereocenters. The van der Waals surface area contributed by atoms with E-state index in [1.807, 2.05) is 0 Å². The standard InChI is InChI=1S/C12H25NO/c1-4-10(2)13-9-11(3)14-12-7-5-6-8-12/h10-13H,4-9H2,1-3H3. The molecule has 2 nitrogen and oxygen atoms in total. The Morgan fingerprint density at radius 3 is 2.50 bits per heavy atom. The fourth-order valence-corrected chi connectivity index (χ4v) is 1.91. The van der Waals surface area contributed by atoms with Gasteiger partial charge in [-0.3, -0.25) is 0 Å². The summed E-state index contributed by atoms with van der Waals surface area (Å²) in [4.78, 5) is 0. The number of ether oxygens (including phenoxy) is 1. The average molecular weight is 199 g/mol. The zero-order valence-electron chi connectivity index (χ0n) is 9.88. The van der Waals surface area contributed by atoms with E-state index in [4.69, 9.17) is 4.74 Å². The van der Waals surface area contributed by atoms with Crippen LogP contribution in [0.3, 0.4) is 0 Å². The molecule has 0 radical (unpaired) electrons. The van der Waals surface area contributed by atoms with Crippen molar-refractivity contribution in [2.75, 3.05) is 6.54 Å². The molecule has 1 saturated carbocycles. The summed E-state index contributed by atoms with van der Waals surface area (Å²) in [5.41, 5.74) is 0. The number of hydrogen-bond acceptors (Lipinski definition) is 2. The smallest absolute Gasteiger partial charge is 0.0675 e. The maximum absolute atomic E-state index is 5.94. The molecule has 0 heterocycles. The summed E-state index contributed by atoms with van der Waals surface area (Å²) in [5.74, 6) is 0. The van der Waals surface area contributed by atoms with Crippen LogP contribution in [0.2, 0.25) is 0 Å². The Balaban J connectivity index is 2.05. The molecule has 0 saturated heterocycles. The molecule has 1 aliphatic rings. The van der Waals surface area contributed by atoms with E-state index >= 15 is 0 Å². The van der Waals surface area contributed by atoms with Crippen molar-refractivity contribution in [3.63, 3.8) is 0 Å². The van der Waals surface area contributed by atoms with E-state index in [1.54, 1.807) is 0 Å². The van der Waals surface area contributed by atoms with E-state index in [0.717, 1.165) is 6.54 Å². The average Bonchev–Trinajstić information content (AvgIpc) is 2.66. The highest BCUT2D eigenvalue weighted by molar-refractivity contribution is 4.70. The van der Waals surface area contributed by atoms with E-state index in [9.17, 15) is 0 Å². The molecule has 0 aromatic rings. The van der Waals surface area contributed by atoms with Crippen molar-refractivity contribution in [3.05, 3.63) is 0 Å². The van der Waals surface area contributed by atoms with E-state index in [1.165, 1.54) is 32.1 Å². The largest absolute Gasteiger partial charge is 0.374 e. The summed E-state index contributed by atoms with van der Waals surface area (Å²) < 4.78 is 5.94. The Kier molecular flexibility index (Phi) is 5.49. The first-order chi connectivity index (χ1) is 6.72. The van der Waals surface area contributed by atoms with Gasteiger partial charge in [0.25, 0.3) is 0 Å². The predicted octanol–water partition coefficient (Wildman–Crippen LogP) is 2.72.